The van der Waals surface area contributed by atoms with Crippen LogP contribution in [-0.4, -0.2) is 65.1 Å². The van der Waals surface area contributed by atoms with Crippen molar-refractivity contribution in [3.8, 4) is 0 Å². The number of carbonyl (C=O) groups is 1. The molecule has 1 aromatic rings. The van der Waals surface area contributed by atoms with Crippen LogP contribution in [0.4, 0.5) is 10.6 Å². The zero-order chi connectivity index (χ0) is 16.7. The van der Waals surface area contributed by atoms with Gasteiger partial charge in [0.05, 0.1) is 11.4 Å². The van der Waals surface area contributed by atoms with Gasteiger partial charge in [-0.2, -0.15) is 11.8 Å². The van der Waals surface area contributed by atoms with Crippen LogP contribution in [0.15, 0.2) is 6.20 Å². The van der Waals surface area contributed by atoms with E-state index in [0.717, 1.165) is 61.4 Å². The first-order valence-electron chi connectivity index (χ1n) is 8.27. The first kappa shape index (κ1) is 17.8. The molecule has 0 aromatic carbocycles. The molecule has 0 aliphatic carbocycles. The van der Waals surface area contributed by atoms with Crippen LogP contribution in [-0.2, 0) is 0 Å². The zero-order valence-electron chi connectivity index (χ0n) is 14.3. The molecule has 0 radical (unpaired) electrons. The van der Waals surface area contributed by atoms with Gasteiger partial charge >= 0.3 is 6.03 Å². The molecule has 2 rings (SSSR count). The second-order valence-electron chi connectivity index (χ2n) is 5.74. The fraction of sp³-hybridized carbons (Fsp3) is 0.688. The van der Waals surface area contributed by atoms with Crippen molar-refractivity contribution in [3.63, 3.8) is 0 Å². The third-order valence-electron chi connectivity index (χ3n) is 3.79. The van der Waals surface area contributed by atoms with E-state index in [1.165, 1.54) is 6.42 Å². The lowest BCUT2D eigenvalue weighted by Crippen LogP contribution is -2.52. The standard InChI is InChI=1S/C16H27N5OS/c1-4-10-23-11-5-17-16(22)21-8-6-20(7-9-21)15-14(3)18-12-13(2)19-15/h12H,4-11H2,1-3H3,(H,17,22). The fourth-order valence-electron chi connectivity index (χ4n) is 2.53. The van der Waals surface area contributed by atoms with Gasteiger partial charge in [0.15, 0.2) is 0 Å². The van der Waals surface area contributed by atoms with E-state index in [0.29, 0.717) is 0 Å². The maximum absolute atomic E-state index is 12.2. The van der Waals surface area contributed by atoms with Gasteiger partial charge in [0.2, 0.25) is 0 Å². The van der Waals surface area contributed by atoms with E-state index < -0.39 is 0 Å². The summed E-state index contributed by atoms with van der Waals surface area (Å²) < 4.78 is 0. The maximum Gasteiger partial charge on any atom is 0.317 e. The molecule has 1 aromatic heterocycles. The predicted octanol–water partition coefficient (Wildman–Crippen LogP) is 2.07. The van der Waals surface area contributed by atoms with Gasteiger partial charge in [-0.3, -0.25) is 4.98 Å². The molecular weight excluding hydrogens is 310 g/mol. The molecule has 1 N–H and O–H groups in total. The van der Waals surface area contributed by atoms with Crippen LogP contribution in [0, 0.1) is 13.8 Å². The number of carbonyl (C=O) groups excluding carboxylic acids is 1. The van der Waals surface area contributed by atoms with E-state index in [1.807, 2.05) is 30.5 Å². The second kappa shape index (κ2) is 8.96. The number of aryl methyl sites for hydroxylation is 2. The van der Waals surface area contributed by atoms with Gasteiger partial charge in [-0.15, -0.1) is 0 Å². The Bertz CT molecular complexity index is 517. The third-order valence-corrected chi connectivity index (χ3v) is 4.98. The summed E-state index contributed by atoms with van der Waals surface area (Å²) in [7, 11) is 0. The summed E-state index contributed by atoms with van der Waals surface area (Å²) in [5, 5.41) is 3.01. The molecule has 1 fully saturated rings. The highest BCUT2D eigenvalue weighted by molar-refractivity contribution is 7.99. The monoisotopic (exact) mass is 337 g/mol. The van der Waals surface area contributed by atoms with Gasteiger partial charge in [-0.05, 0) is 26.0 Å². The van der Waals surface area contributed by atoms with E-state index >= 15 is 0 Å². The summed E-state index contributed by atoms with van der Waals surface area (Å²) in [4.78, 5) is 25.2. The smallest absolute Gasteiger partial charge is 0.317 e. The second-order valence-corrected chi connectivity index (χ2v) is 6.96. The third kappa shape index (κ3) is 5.27. The van der Waals surface area contributed by atoms with Crippen molar-refractivity contribution >= 4 is 23.6 Å². The molecule has 0 bridgehead atoms. The number of hydrogen-bond donors (Lipinski definition) is 1. The number of urea groups is 1. The predicted molar refractivity (Wildman–Crippen MR) is 96.3 cm³/mol. The minimum absolute atomic E-state index is 0.0498. The highest BCUT2D eigenvalue weighted by atomic mass is 32.2. The van der Waals surface area contributed by atoms with Crippen molar-refractivity contribution < 1.29 is 4.79 Å². The molecule has 7 heteroatoms. The molecule has 0 unspecified atom stereocenters. The first-order valence-corrected chi connectivity index (χ1v) is 9.43. The minimum Gasteiger partial charge on any atom is -0.352 e. The van der Waals surface area contributed by atoms with Crippen LogP contribution in [0.1, 0.15) is 24.7 Å². The summed E-state index contributed by atoms with van der Waals surface area (Å²) in [5.41, 5.74) is 1.87. The molecule has 0 saturated carbocycles. The summed E-state index contributed by atoms with van der Waals surface area (Å²) >= 11 is 1.89. The van der Waals surface area contributed by atoms with Gasteiger partial charge in [-0.1, -0.05) is 6.92 Å². The molecule has 0 atom stereocenters. The molecule has 6 nitrogen and oxygen atoms in total. The van der Waals surface area contributed by atoms with Crippen molar-refractivity contribution in [1.29, 1.82) is 0 Å². The minimum atomic E-state index is 0.0498. The molecule has 0 spiro atoms. The number of rotatable bonds is 6. The van der Waals surface area contributed by atoms with Crippen LogP contribution in [0.25, 0.3) is 0 Å². The largest absolute Gasteiger partial charge is 0.352 e. The van der Waals surface area contributed by atoms with Crippen molar-refractivity contribution in [2.24, 2.45) is 0 Å². The fourth-order valence-corrected chi connectivity index (χ4v) is 3.27. The zero-order valence-corrected chi connectivity index (χ0v) is 15.2. The van der Waals surface area contributed by atoms with Crippen LogP contribution in [0.3, 0.4) is 0 Å². The Balaban J connectivity index is 1.77. The normalized spacial score (nSPS) is 14.9. The lowest BCUT2D eigenvalue weighted by molar-refractivity contribution is 0.195. The van der Waals surface area contributed by atoms with E-state index in [2.05, 4.69) is 27.1 Å². The van der Waals surface area contributed by atoms with Gasteiger partial charge in [-0.25, -0.2) is 9.78 Å². The summed E-state index contributed by atoms with van der Waals surface area (Å²) in [6, 6.07) is 0.0498. The molecular formula is C16H27N5OS. The average molecular weight is 337 g/mol. The SMILES string of the molecule is CCCSCCNC(=O)N1CCN(c2nc(C)cnc2C)CC1. The number of nitrogens with one attached hydrogen (secondary N) is 1. The van der Waals surface area contributed by atoms with Crippen LogP contribution >= 0.6 is 11.8 Å². The van der Waals surface area contributed by atoms with E-state index in [9.17, 15) is 4.79 Å². The van der Waals surface area contributed by atoms with Gasteiger partial charge in [0, 0.05) is 44.7 Å². The van der Waals surface area contributed by atoms with Crippen molar-refractivity contribution in [1.82, 2.24) is 20.2 Å². The Morgan fingerprint density at radius 1 is 1.26 bits per heavy atom. The van der Waals surface area contributed by atoms with Gasteiger partial charge in [0.25, 0.3) is 0 Å². The van der Waals surface area contributed by atoms with E-state index in [4.69, 9.17) is 0 Å². The molecule has 1 saturated heterocycles. The molecule has 1 aliphatic rings. The van der Waals surface area contributed by atoms with Crippen LogP contribution in [0.2, 0.25) is 0 Å². The lowest BCUT2D eigenvalue weighted by atomic mass is 10.3. The van der Waals surface area contributed by atoms with E-state index in [1.54, 1.807) is 6.20 Å². The molecule has 23 heavy (non-hydrogen) atoms. The van der Waals surface area contributed by atoms with Crippen LogP contribution < -0.4 is 10.2 Å². The van der Waals surface area contributed by atoms with Gasteiger partial charge < -0.3 is 15.1 Å². The molecule has 128 valence electrons. The first-order chi connectivity index (χ1) is 11.1. The molecule has 2 heterocycles. The maximum atomic E-state index is 12.2. The highest BCUT2D eigenvalue weighted by Gasteiger charge is 2.22. The Morgan fingerprint density at radius 2 is 2.00 bits per heavy atom. The topological polar surface area (TPSA) is 61.4 Å². The molecule has 1 aliphatic heterocycles. The average Bonchev–Trinajstić information content (AvgIpc) is 2.57. The van der Waals surface area contributed by atoms with Crippen molar-refractivity contribution in [2.45, 2.75) is 27.2 Å². The Hall–Kier alpha value is -1.50. The summed E-state index contributed by atoms with van der Waals surface area (Å²) in [6.45, 7) is 9.91. The molecule has 2 amide bonds. The number of nitrogens with zero attached hydrogens (tertiary/aromatic N) is 4. The lowest BCUT2D eigenvalue weighted by Gasteiger charge is -2.35. The number of piperazine rings is 1. The van der Waals surface area contributed by atoms with Crippen molar-refractivity contribution in [3.05, 3.63) is 17.6 Å². The van der Waals surface area contributed by atoms with Crippen LogP contribution in [0.5, 0.6) is 0 Å². The quantitative estimate of drug-likeness (QED) is 0.805. The van der Waals surface area contributed by atoms with Crippen molar-refractivity contribution in [2.75, 3.05) is 49.1 Å². The Kier molecular flexibility index (Phi) is 6.95. The van der Waals surface area contributed by atoms with Gasteiger partial charge in [0.1, 0.15) is 5.82 Å². The highest BCUT2D eigenvalue weighted by Crippen LogP contribution is 2.17. The number of anilines is 1. The summed E-state index contributed by atoms with van der Waals surface area (Å²) in [5.74, 6) is 3.09. The number of amides is 2. The number of thioether (sulfide) groups is 1. The Morgan fingerprint density at radius 3 is 2.70 bits per heavy atom. The summed E-state index contributed by atoms with van der Waals surface area (Å²) in [6.07, 6.45) is 2.97. The number of hydrogen-bond acceptors (Lipinski definition) is 5. The van der Waals surface area contributed by atoms with E-state index in [-0.39, 0.29) is 6.03 Å². The Labute approximate surface area is 143 Å². The number of aromatic nitrogens is 2.